The van der Waals surface area contributed by atoms with E-state index in [1.54, 1.807) is 0 Å². The van der Waals surface area contributed by atoms with Crippen molar-refractivity contribution in [1.29, 1.82) is 0 Å². The zero-order chi connectivity index (χ0) is 8.36. The molecule has 1 heterocycles. The number of unbranched alkanes of at least 4 members (excludes halogenated alkanes) is 3. The summed E-state index contributed by atoms with van der Waals surface area (Å²) in [4.78, 5) is 0. The fourth-order valence-electron chi connectivity index (χ4n) is 0.840. The van der Waals surface area contributed by atoms with Crippen molar-refractivity contribution in [3.8, 4) is 0 Å². The molecule has 1 aliphatic heterocycles. The molecule has 0 aromatic rings. The molecule has 1 aliphatic rings. The van der Waals surface area contributed by atoms with Crippen molar-refractivity contribution in [2.24, 2.45) is 0 Å². The SMILES string of the molecule is C1=CCOC1.CCCCCC. The molecule has 1 rings (SSSR count). The Morgan fingerprint density at radius 3 is 1.64 bits per heavy atom. The van der Waals surface area contributed by atoms with E-state index < -0.39 is 0 Å². The molecule has 1 nitrogen and oxygen atoms in total. The molecule has 0 saturated heterocycles. The van der Waals surface area contributed by atoms with Crippen LogP contribution in [0.2, 0.25) is 0 Å². The van der Waals surface area contributed by atoms with Crippen molar-refractivity contribution in [3.05, 3.63) is 12.2 Å². The third-order valence-corrected chi connectivity index (χ3v) is 1.55. The van der Waals surface area contributed by atoms with E-state index in [0.29, 0.717) is 0 Å². The molecule has 0 radical (unpaired) electrons. The van der Waals surface area contributed by atoms with Gasteiger partial charge in [0.05, 0.1) is 13.2 Å². The van der Waals surface area contributed by atoms with Crippen LogP contribution < -0.4 is 0 Å². The maximum atomic E-state index is 4.83. The fourth-order valence-corrected chi connectivity index (χ4v) is 0.840. The zero-order valence-corrected chi connectivity index (χ0v) is 7.81. The predicted octanol–water partition coefficient (Wildman–Crippen LogP) is 3.16. The second-order valence-corrected chi connectivity index (χ2v) is 2.72. The summed E-state index contributed by atoms with van der Waals surface area (Å²) in [6.07, 6.45) is 9.56. The first-order chi connectivity index (χ1) is 5.41. The Balaban J connectivity index is 0.000000183. The highest BCUT2D eigenvalue weighted by atomic mass is 16.5. The van der Waals surface area contributed by atoms with Crippen molar-refractivity contribution in [1.82, 2.24) is 0 Å². The van der Waals surface area contributed by atoms with Crippen molar-refractivity contribution in [3.63, 3.8) is 0 Å². The van der Waals surface area contributed by atoms with Crippen molar-refractivity contribution >= 4 is 0 Å². The summed E-state index contributed by atoms with van der Waals surface area (Å²) in [6, 6.07) is 0. The minimum Gasteiger partial charge on any atom is -0.373 e. The Labute approximate surface area is 70.4 Å². The van der Waals surface area contributed by atoms with E-state index in [-0.39, 0.29) is 0 Å². The monoisotopic (exact) mass is 156 g/mol. The lowest BCUT2D eigenvalue weighted by molar-refractivity contribution is 0.213. The van der Waals surface area contributed by atoms with Gasteiger partial charge in [0, 0.05) is 0 Å². The van der Waals surface area contributed by atoms with Crippen molar-refractivity contribution < 1.29 is 4.74 Å². The number of hydrogen-bond acceptors (Lipinski definition) is 1. The van der Waals surface area contributed by atoms with E-state index in [1.165, 1.54) is 25.7 Å². The molecule has 0 aliphatic carbocycles. The van der Waals surface area contributed by atoms with Gasteiger partial charge in [-0.25, -0.2) is 0 Å². The van der Waals surface area contributed by atoms with Crippen LogP contribution in [0.15, 0.2) is 12.2 Å². The molecular weight excluding hydrogens is 136 g/mol. The van der Waals surface area contributed by atoms with Gasteiger partial charge in [0.25, 0.3) is 0 Å². The van der Waals surface area contributed by atoms with E-state index in [4.69, 9.17) is 4.74 Å². The van der Waals surface area contributed by atoms with Gasteiger partial charge < -0.3 is 4.74 Å². The molecule has 66 valence electrons. The maximum Gasteiger partial charge on any atom is 0.0652 e. The van der Waals surface area contributed by atoms with Crippen LogP contribution in [0.25, 0.3) is 0 Å². The van der Waals surface area contributed by atoms with Gasteiger partial charge in [-0.3, -0.25) is 0 Å². The molecule has 0 spiro atoms. The summed E-state index contributed by atoms with van der Waals surface area (Å²) in [5.74, 6) is 0. The Kier molecular flexibility index (Phi) is 9.44. The molecule has 0 saturated carbocycles. The van der Waals surface area contributed by atoms with Crippen LogP contribution in [0, 0.1) is 0 Å². The predicted molar refractivity (Wildman–Crippen MR) is 49.8 cm³/mol. The average molecular weight is 156 g/mol. The third-order valence-electron chi connectivity index (χ3n) is 1.55. The Hall–Kier alpha value is -0.300. The largest absolute Gasteiger partial charge is 0.373 e. The van der Waals surface area contributed by atoms with Crippen LogP contribution in [0.1, 0.15) is 39.5 Å². The molecule has 0 amide bonds. The summed E-state index contributed by atoms with van der Waals surface area (Å²) >= 11 is 0. The third kappa shape index (κ3) is 9.70. The highest BCUT2D eigenvalue weighted by Crippen LogP contribution is 1.95. The minimum atomic E-state index is 0.819. The lowest BCUT2D eigenvalue weighted by Crippen LogP contribution is -1.76. The second kappa shape index (κ2) is 9.70. The van der Waals surface area contributed by atoms with Gasteiger partial charge >= 0.3 is 0 Å². The maximum absolute atomic E-state index is 4.83. The van der Waals surface area contributed by atoms with Gasteiger partial charge in [0.2, 0.25) is 0 Å². The molecule has 0 fully saturated rings. The second-order valence-electron chi connectivity index (χ2n) is 2.72. The van der Waals surface area contributed by atoms with E-state index >= 15 is 0 Å². The van der Waals surface area contributed by atoms with E-state index in [9.17, 15) is 0 Å². The van der Waals surface area contributed by atoms with Crippen LogP contribution in [0.4, 0.5) is 0 Å². The molecule has 0 atom stereocenters. The topological polar surface area (TPSA) is 9.23 Å². The highest BCUT2D eigenvalue weighted by Gasteiger charge is 1.83. The van der Waals surface area contributed by atoms with Crippen molar-refractivity contribution in [2.75, 3.05) is 13.2 Å². The molecular formula is C10H20O. The Bertz CT molecular complexity index is 76.9. The van der Waals surface area contributed by atoms with Crippen LogP contribution in [-0.4, -0.2) is 13.2 Å². The summed E-state index contributed by atoms with van der Waals surface area (Å²) < 4.78 is 4.83. The fraction of sp³-hybridized carbons (Fsp3) is 0.800. The molecule has 11 heavy (non-hydrogen) atoms. The quantitative estimate of drug-likeness (QED) is 0.450. The summed E-state index contributed by atoms with van der Waals surface area (Å²) in [6.45, 7) is 6.10. The first-order valence-corrected chi connectivity index (χ1v) is 4.64. The number of hydrogen-bond donors (Lipinski definition) is 0. The standard InChI is InChI=1S/C6H14.C4H6O/c1-3-5-6-4-2;1-2-4-5-3-1/h3-6H2,1-2H3;1-2H,3-4H2. The summed E-state index contributed by atoms with van der Waals surface area (Å²) in [5.41, 5.74) is 0. The zero-order valence-electron chi connectivity index (χ0n) is 7.81. The van der Waals surface area contributed by atoms with Gasteiger partial charge in [0.1, 0.15) is 0 Å². The van der Waals surface area contributed by atoms with E-state index in [0.717, 1.165) is 13.2 Å². The molecule has 1 heteroatoms. The Morgan fingerprint density at radius 2 is 1.45 bits per heavy atom. The first kappa shape index (κ1) is 10.7. The smallest absolute Gasteiger partial charge is 0.0652 e. The van der Waals surface area contributed by atoms with Crippen LogP contribution in [0.3, 0.4) is 0 Å². The lowest BCUT2D eigenvalue weighted by Gasteiger charge is -1.86. The molecule has 0 aromatic heterocycles. The van der Waals surface area contributed by atoms with E-state index in [2.05, 4.69) is 13.8 Å². The molecule has 0 N–H and O–H groups in total. The van der Waals surface area contributed by atoms with Gasteiger partial charge in [-0.2, -0.15) is 0 Å². The summed E-state index contributed by atoms with van der Waals surface area (Å²) in [5, 5.41) is 0. The van der Waals surface area contributed by atoms with Crippen LogP contribution in [0.5, 0.6) is 0 Å². The molecule has 0 unspecified atom stereocenters. The van der Waals surface area contributed by atoms with Gasteiger partial charge in [-0.15, -0.1) is 0 Å². The normalized spacial score (nSPS) is 14.4. The summed E-state index contributed by atoms with van der Waals surface area (Å²) in [7, 11) is 0. The minimum absolute atomic E-state index is 0.819. The highest BCUT2D eigenvalue weighted by molar-refractivity contribution is 4.86. The lowest BCUT2D eigenvalue weighted by atomic mass is 10.2. The van der Waals surface area contributed by atoms with Gasteiger partial charge in [0.15, 0.2) is 0 Å². The van der Waals surface area contributed by atoms with Gasteiger partial charge in [-0.1, -0.05) is 51.7 Å². The number of ether oxygens (including phenoxy) is 1. The molecule has 0 aromatic carbocycles. The Morgan fingerprint density at radius 1 is 1.00 bits per heavy atom. The van der Waals surface area contributed by atoms with Crippen LogP contribution in [-0.2, 0) is 4.74 Å². The van der Waals surface area contributed by atoms with Crippen LogP contribution >= 0.6 is 0 Å². The molecule has 0 bridgehead atoms. The van der Waals surface area contributed by atoms with Crippen molar-refractivity contribution in [2.45, 2.75) is 39.5 Å². The van der Waals surface area contributed by atoms with E-state index in [1.807, 2.05) is 12.2 Å². The van der Waals surface area contributed by atoms with Gasteiger partial charge in [-0.05, 0) is 0 Å². The number of rotatable bonds is 3. The first-order valence-electron chi connectivity index (χ1n) is 4.64. The average Bonchev–Trinajstić information content (AvgIpc) is 2.57.